The van der Waals surface area contributed by atoms with Crippen molar-refractivity contribution in [3.8, 4) is 0 Å². The van der Waals surface area contributed by atoms with Crippen molar-refractivity contribution in [1.82, 2.24) is 0 Å². The second-order valence-electron chi connectivity index (χ2n) is 2.97. The second kappa shape index (κ2) is 7.39. The third-order valence-corrected chi connectivity index (χ3v) is 2.12. The molecule has 0 bridgehead atoms. The number of ether oxygens (including phenoxy) is 2. The van der Waals surface area contributed by atoms with Crippen LogP contribution < -0.4 is 0 Å². The number of hydrogen-bond donors (Lipinski definition) is 0. The lowest BCUT2D eigenvalue weighted by molar-refractivity contribution is 0.198. The van der Waals surface area contributed by atoms with E-state index in [1.54, 1.807) is 14.2 Å². The van der Waals surface area contributed by atoms with Gasteiger partial charge in [0.25, 0.3) is 0 Å². The molecule has 0 rings (SSSR count). The van der Waals surface area contributed by atoms with Crippen LogP contribution in [-0.4, -0.2) is 20.8 Å². The fourth-order valence-electron chi connectivity index (χ4n) is 1.26. The van der Waals surface area contributed by atoms with Gasteiger partial charge in [0.1, 0.15) is 5.76 Å². The highest BCUT2D eigenvalue weighted by molar-refractivity contribution is 5.35. The molecule has 0 saturated carbocycles. The smallest absolute Gasteiger partial charge is 0.118 e. The van der Waals surface area contributed by atoms with E-state index in [1.807, 2.05) is 26.0 Å². The van der Waals surface area contributed by atoms with Gasteiger partial charge in [0.05, 0.1) is 13.7 Å². The maximum absolute atomic E-state index is 5.28. The van der Waals surface area contributed by atoms with Gasteiger partial charge in [-0.15, -0.1) is 0 Å². The van der Waals surface area contributed by atoms with Crippen LogP contribution in [0.1, 0.15) is 20.3 Å². The zero-order valence-electron chi connectivity index (χ0n) is 9.59. The Hall–Kier alpha value is -1.02. The van der Waals surface area contributed by atoms with E-state index in [4.69, 9.17) is 9.47 Å². The molecule has 0 saturated heterocycles. The largest absolute Gasteiger partial charge is 0.497 e. The summed E-state index contributed by atoms with van der Waals surface area (Å²) in [6.45, 7) is 8.44. The molecular weight excluding hydrogens is 176 g/mol. The lowest BCUT2D eigenvalue weighted by Crippen LogP contribution is -2.00. The summed E-state index contributed by atoms with van der Waals surface area (Å²) in [6.07, 6.45) is 4.65. The first kappa shape index (κ1) is 13.0. The molecule has 0 atom stereocenters. The Bertz CT molecular complexity index is 237. The van der Waals surface area contributed by atoms with Gasteiger partial charge in [-0.1, -0.05) is 12.7 Å². The van der Waals surface area contributed by atoms with Gasteiger partial charge >= 0.3 is 0 Å². The highest BCUT2D eigenvalue weighted by Gasteiger charge is 2.06. The lowest BCUT2D eigenvalue weighted by atomic mass is 10.0. The Labute approximate surface area is 86.9 Å². The minimum absolute atomic E-state index is 0.696. The summed E-state index contributed by atoms with van der Waals surface area (Å²) in [5, 5.41) is 0. The van der Waals surface area contributed by atoms with Crippen molar-refractivity contribution in [3.05, 3.63) is 35.6 Å². The zero-order chi connectivity index (χ0) is 11.0. The van der Waals surface area contributed by atoms with Gasteiger partial charge < -0.3 is 9.47 Å². The molecule has 0 heterocycles. The molecule has 0 spiro atoms. The van der Waals surface area contributed by atoms with Crippen LogP contribution in [0.2, 0.25) is 0 Å². The van der Waals surface area contributed by atoms with E-state index in [-0.39, 0.29) is 0 Å². The van der Waals surface area contributed by atoms with Gasteiger partial charge in [-0.2, -0.15) is 0 Å². The molecule has 0 aliphatic rings. The van der Waals surface area contributed by atoms with Crippen LogP contribution >= 0.6 is 0 Å². The maximum Gasteiger partial charge on any atom is 0.118 e. The highest BCUT2D eigenvalue weighted by Crippen LogP contribution is 2.19. The molecule has 0 fully saturated rings. The molecule has 0 amide bonds. The Balaban J connectivity index is 4.80. The first-order valence-electron chi connectivity index (χ1n) is 4.73. The lowest BCUT2D eigenvalue weighted by Gasteiger charge is -2.12. The van der Waals surface area contributed by atoms with Crippen LogP contribution in [0, 0.1) is 0 Å². The molecule has 0 N–H and O–H groups in total. The molecule has 80 valence electrons. The summed E-state index contributed by atoms with van der Waals surface area (Å²) >= 11 is 0. The predicted molar refractivity (Wildman–Crippen MR) is 60.2 cm³/mol. The van der Waals surface area contributed by atoms with Gasteiger partial charge in [-0.05, 0) is 37.5 Å². The van der Waals surface area contributed by atoms with Crippen molar-refractivity contribution in [1.29, 1.82) is 0 Å². The van der Waals surface area contributed by atoms with Crippen molar-refractivity contribution in [3.63, 3.8) is 0 Å². The van der Waals surface area contributed by atoms with Crippen molar-refractivity contribution < 1.29 is 9.47 Å². The minimum Gasteiger partial charge on any atom is -0.497 e. The average Bonchev–Trinajstić information content (AvgIpc) is 2.23. The van der Waals surface area contributed by atoms with E-state index in [0.717, 1.165) is 23.3 Å². The van der Waals surface area contributed by atoms with Crippen LogP contribution in [0.25, 0.3) is 0 Å². The van der Waals surface area contributed by atoms with Gasteiger partial charge in [0.2, 0.25) is 0 Å². The van der Waals surface area contributed by atoms with Gasteiger partial charge in [-0.25, -0.2) is 0 Å². The monoisotopic (exact) mass is 196 g/mol. The van der Waals surface area contributed by atoms with Crippen LogP contribution in [0.15, 0.2) is 35.6 Å². The molecule has 0 aromatic heterocycles. The van der Waals surface area contributed by atoms with Crippen LogP contribution in [0.3, 0.4) is 0 Å². The summed E-state index contributed by atoms with van der Waals surface area (Å²) in [5.74, 6) is 0.902. The summed E-state index contributed by atoms with van der Waals surface area (Å²) in [6, 6.07) is 0. The SMILES string of the molecule is C=C/C(C)=C(CCOC)\C(=C/C)OC. The third kappa shape index (κ3) is 3.79. The molecule has 0 unspecified atom stereocenters. The molecule has 0 aliphatic heterocycles. The fourth-order valence-corrected chi connectivity index (χ4v) is 1.26. The van der Waals surface area contributed by atoms with Crippen LogP contribution in [0.4, 0.5) is 0 Å². The summed E-state index contributed by atoms with van der Waals surface area (Å²) < 4.78 is 10.3. The van der Waals surface area contributed by atoms with Crippen LogP contribution in [0.5, 0.6) is 0 Å². The first-order valence-corrected chi connectivity index (χ1v) is 4.73. The maximum atomic E-state index is 5.28. The Kier molecular flexibility index (Phi) is 6.85. The zero-order valence-corrected chi connectivity index (χ0v) is 9.59. The van der Waals surface area contributed by atoms with Crippen molar-refractivity contribution in [2.75, 3.05) is 20.8 Å². The van der Waals surface area contributed by atoms with E-state index in [1.165, 1.54) is 0 Å². The van der Waals surface area contributed by atoms with E-state index in [0.29, 0.717) is 6.61 Å². The molecule has 0 aromatic rings. The fraction of sp³-hybridized carbons (Fsp3) is 0.500. The van der Waals surface area contributed by atoms with E-state index in [9.17, 15) is 0 Å². The molecule has 2 heteroatoms. The molecule has 0 aromatic carbocycles. The quantitative estimate of drug-likeness (QED) is 0.480. The third-order valence-electron chi connectivity index (χ3n) is 2.12. The topological polar surface area (TPSA) is 18.5 Å². The number of hydrogen-bond acceptors (Lipinski definition) is 2. The van der Waals surface area contributed by atoms with Crippen molar-refractivity contribution >= 4 is 0 Å². The number of methoxy groups -OCH3 is 2. The van der Waals surface area contributed by atoms with Gasteiger partial charge in [-0.3, -0.25) is 0 Å². The number of rotatable bonds is 6. The molecule has 0 aliphatic carbocycles. The van der Waals surface area contributed by atoms with E-state index >= 15 is 0 Å². The molecular formula is C12H20O2. The normalized spacial score (nSPS) is 13.6. The van der Waals surface area contributed by atoms with E-state index in [2.05, 4.69) is 6.58 Å². The van der Waals surface area contributed by atoms with E-state index < -0.39 is 0 Å². The Morgan fingerprint density at radius 3 is 2.36 bits per heavy atom. The Morgan fingerprint density at radius 1 is 1.36 bits per heavy atom. The van der Waals surface area contributed by atoms with Gasteiger partial charge in [0, 0.05) is 7.11 Å². The predicted octanol–water partition coefficient (Wildman–Crippen LogP) is 3.08. The Morgan fingerprint density at radius 2 is 2.00 bits per heavy atom. The van der Waals surface area contributed by atoms with Crippen molar-refractivity contribution in [2.24, 2.45) is 0 Å². The van der Waals surface area contributed by atoms with Gasteiger partial charge in [0.15, 0.2) is 0 Å². The minimum atomic E-state index is 0.696. The molecule has 2 nitrogen and oxygen atoms in total. The first-order chi connectivity index (χ1) is 6.71. The van der Waals surface area contributed by atoms with Crippen LogP contribution in [-0.2, 0) is 9.47 Å². The number of allylic oxidation sites excluding steroid dienone is 4. The summed E-state index contributed by atoms with van der Waals surface area (Å²) in [5.41, 5.74) is 2.30. The molecule has 14 heavy (non-hydrogen) atoms. The standard InChI is InChI=1S/C12H20O2/c1-6-10(3)11(8-9-13-4)12(7-2)14-5/h6-7H,1,8-9H2,2-5H3/b11-10-,12-7+. The second-order valence-corrected chi connectivity index (χ2v) is 2.97. The summed E-state index contributed by atoms with van der Waals surface area (Å²) in [4.78, 5) is 0. The summed E-state index contributed by atoms with van der Waals surface area (Å²) in [7, 11) is 3.38. The average molecular weight is 196 g/mol. The van der Waals surface area contributed by atoms with Crippen molar-refractivity contribution in [2.45, 2.75) is 20.3 Å². The molecule has 0 radical (unpaired) electrons. The highest BCUT2D eigenvalue weighted by atomic mass is 16.5.